The molecule has 2 aromatic rings. The zero-order valence-corrected chi connectivity index (χ0v) is 17.0. The summed E-state index contributed by atoms with van der Waals surface area (Å²) in [7, 11) is 0. The van der Waals surface area contributed by atoms with Crippen LogP contribution in [0.3, 0.4) is 0 Å². The fourth-order valence-corrected chi connectivity index (χ4v) is 3.16. The van der Waals surface area contributed by atoms with Crippen molar-refractivity contribution in [2.75, 3.05) is 25.0 Å². The standard InChI is InChI=1S/C15H20N4O2S2.2ClH/c1-2-5-16-6-7-17-13(20)9-11-10-23-15(18-11)19-14(21)12-4-3-8-22-12;;/h3-4,8,10,16H,2,5-7,9H2,1H3,(H,17,20)(H,18,19,21);2*1H. The maximum Gasteiger partial charge on any atom is 0.267 e. The van der Waals surface area contributed by atoms with Crippen LogP contribution in [-0.2, 0) is 11.2 Å². The van der Waals surface area contributed by atoms with Gasteiger partial charge in [-0.3, -0.25) is 14.9 Å². The highest BCUT2D eigenvalue weighted by Gasteiger charge is 2.11. The first-order valence-electron chi connectivity index (χ1n) is 7.45. The second-order valence-corrected chi connectivity index (χ2v) is 6.66. The predicted molar refractivity (Wildman–Crippen MR) is 109 cm³/mol. The Hall–Kier alpha value is -1.19. The van der Waals surface area contributed by atoms with E-state index in [0.717, 1.165) is 19.5 Å². The minimum absolute atomic E-state index is 0. The predicted octanol–water partition coefficient (Wildman–Crippen LogP) is 2.96. The molecule has 140 valence electrons. The van der Waals surface area contributed by atoms with Crippen LogP contribution in [-0.4, -0.2) is 36.4 Å². The van der Waals surface area contributed by atoms with E-state index in [1.54, 1.807) is 11.4 Å². The van der Waals surface area contributed by atoms with Crippen LogP contribution in [0.25, 0.3) is 0 Å². The molecule has 0 aromatic carbocycles. The number of thiophene rings is 1. The molecule has 0 unspecified atom stereocenters. The molecule has 10 heteroatoms. The normalized spacial score (nSPS) is 9.64. The van der Waals surface area contributed by atoms with E-state index in [2.05, 4.69) is 27.9 Å². The van der Waals surface area contributed by atoms with Crippen molar-refractivity contribution in [1.82, 2.24) is 15.6 Å². The van der Waals surface area contributed by atoms with Crippen molar-refractivity contribution in [3.05, 3.63) is 33.5 Å². The third-order valence-corrected chi connectivity index (χ3v) is 4.58. The molecule has 0 saturated heterocycles. The zero-order valence-electron chi connectivity index (χ0n) is 13.7. The van der Waals surface area contributed by atoms with Crippen LogP contribution in [0.2, 0.25) is 0 Å². The van der Waals surface area contributed by atoms with Crippen LogP contribution in [0.4, 0.5) is 5.13 Å². The third-order valence-electron chi connectivity index (χ3n) is 2.91. The molecule has 0 aliphatic carbocycles. The van der Waals surface area contributed by atoms with Crippen molar-refractivity contribution >= 4 is 64.4 Å². The monoisotopic (exact) mass is 424 g/mol. The lowest BCUT2D eigenvalue weighted by atomic mass is 10.3. The minimum atomic E-state index is -0.174. The smallest absolute Gasteiger partial charge is 0.267 e. The van der Waals surface area contributed by atoms with Gasteiger partial charge in [-0.05, 0) is 24.4 Å². The van der Waals surface area contributed by atoms with Crippen molar-refractivity contribution in [3.63, 3.8) is 0 Å². The summed E-state index contributed by atoms with van der Waals surface area (Å²) in [6, 6.07) is 3.58. The molecule has 0 bridgehead atoms. The number of thiazole rings is 1. The number of rotatable bonds is 9. The summed E-state index contributed by atoms with van der Waals surface area (Å²) < 4.78 is 0. The van der Waals surface area contributed by atoms with Gasteiger partial charge in [-0.25, -0.2) is 4.98 Å². The number of carbonyl (C=O) groups is 2. The number of aromatic nitrogens is 1. The molecule has 6 nitrogen and oxygen atoms in total. The van der Waals surface area contributed by atoms with E-state index >= 15 is 0 Å². The van der Waals surface area contributed by atoms with Gasteiger partial charge in [0.25, 0.3) is 5.91 Å². The highest BCUT2D eigenvalue weighted by Crippen LogP contribution is 2.18. The first kappa shape index (κ1) is 23.8. The molecular formula is C15H22Cl2N4O2S2. The van der Waals surface area contributed by atoms with Gasteiger partial charge in [-0.15, -0.1) is 47.5 Å². The number of hydrogen-bond donors (Lipinski definition) is 3. The van der Waals surface area contributed by atoms with Crippen LogP contribution in [0.1, 0.15) is 28.7 Å². The molecule has 2 rings (SSSR count). The number of halogens is 2. The number of amides is 2. The molecule has 2 aromatic heterocycles. The fourth-order valence-electron chi connectivity index (χ4n) is 1.83. The average Bonchev–Trinajstić information content (AvgIpc) is 3.19. The van der Waals surface area contributed by atoms with E-state index in [1.165, 1.54) is 22.7 Å². The summed E-state index contributed by atoms with van der Waals surface area (Å²) in [6.45, 7) is 4.42. The Balaban J connectivity index is 0.00000288. The lowest BCUT2D eigenvalue weighted by Gasteiger charge is -2.05. The molecule has 0 spiro atoms. The molecule has 3 N–H and O–H groups in total. The summed E-state index contributed by atoms with van der Waals surface area (Å²) in [6.07, 6.45) is 1.30. The van der Waals surface area contributed by atoms with Crippen molar-refractivity contribution in [2.45, 2.75) is 19.8 Å². The van der Waals surface area contributed by atoms with Crippen molar-refractivity contribution in [2.24, 2.45) is 0 Å². The molecule has 0 aliphatic heterocycles. The molecule has 2 amide bonds. The molecule has 0 aliphatic rings. The zero-order chi connectivity index (χ0) is 16.5. The first-order valence-corrected chi connectivity index (χ1v) is 9.21. The number of hydrogen-bond acceptors (Lipinski definition) is 6. The minimum Gasteiger partial charge on any atom is -0.354 e. The summed E-state index contributed by atoms with van der Waals surface area (Å²) >= 11 is 2.70. The summed E-state index contributed by atoms with van der Waals surface area (Å²) in [4.78, 5) is 28.6. The van der Waals surface area contributed by atoms with Crippen LogP contribution in [0, 0.1) is 0 Å². The Bertz CT molecular complexity index is 635. The van der Waals surface area contributed by atoms with Crippen LogP contribution >= 0.6 is 47.5 Å². The number of carbonyl (C=O) groups excluding carboxylic acids is 2. The Morgan fingerprint density at radius 1 is 1.16 bits per heavy atom. The highest BCUT2D eigenvalue weighted by molar-refractivity contribution is 7.14. The molecule has 2 heterocycles. The SMILES string of the molecule is CCCNCCNC(=O)Cc1csc(NC(=O)c2cccs2)n1.Cl.Cl. The molecule has 0 radical (unpaired) electrons. The average molecular weight is 425 g/mol. The molecule has 25 heavy (non-hydrogen) atoms. The Morgan fingerprint density at radius 2 is 1.96 bits per heavy atom. The molecule has 0 saturated carbocycles. The van der Waals surface area contributed by atoms with E-state index in [-0.39, 0.29) is 43.0 Å². The number of nitrogens with zero attached hydrogens (tertiary/aromatic N) is 1. The Morgan fingerprint density at radius 3 is 2.64 bits per heavy atom. The van der Waals surface area contributed by atoms with Gasteiger partial charge in [0.05, 0.1) is 17.0 Å². The van der Waals surface area contributed by atoms with Crippen LogP contribution in [0.15, 0.2) is 22.9 Å². The highest BCUT2D eigenvalue weighted by atomic mass is 35.5. The van der Waals surface area contributed by atoms with Crippen LogP contribution < -0.4 is 16.0 Å². The van der Waals surface area contributed by atoms with Crippen molar-refractivity contribution in [3.8, 4) is 0 Å². The second kappa shape index (κ2) is 13.1. The van der Waals surface area contributed by atoms with E-state index in [9.17, 15) is 9.59 Å². The van der Waals surface area contributed by atoms with E-state index < -0.39 is 0 Å². The third kappa shape index (κ3) is 8.64. The van der Waals surface area contributed by atoms with E-state index in [1.807, 2.05) is 11.4 Å². The number of nitrogens with one attached hydrogen (secondary N) is 3. The van der Waals surface area contributed by atoms with Gasteiger partial charge < -0.3 is 10.6 Å². The van der Waals surface area contributed by atoms with E-state index in [4.69, 9.17) is 0 Å². The van der Waals surface area contributed by atoms with Crippen molar-refractivity contribution < 1.29 is 9.59 Å². The first-order chi connectivity index (χ1) is 11.2. The topological polar surface area (TPSA) is 83.1 Å². The molecule has 0 atom stereocenters. The second-order valence-electron chi connectivity index (χ2n) is 4.85. The maximum atomic E-state index is 11.9. The Kier molecular flexibility index (Phi) is 12.5. The van der Waals surface area contributed by atoms with Gasteiger partial charge >= 0.3 is 0 Å². The van der Waals surface area contributed by atoms with Gasteiger partial charge in [0.15, 0.2) is 5.13 Å². The van der Waals surface area contributed by atoms with Crippen molar-refractivity contribution in [1.29, 1.82) is 0 Å². The largest absolute Gasteiger partial charge is 0.354 e. The van der Waals surface area contributed by atoms with Crippen LogP contribution in [0.5, 0.6) is 0 Å². The van der Waals surface area contributed by atoms with Gasteiger partial charge in [-0.2, -0.15) is 0 Å². The number of anilines is 1. The maximum absolute atomic E-state index is 11.9. The molecule has 0 fully saturated rings. The van der Waals surface area contributed by atoms with Gasteiger partial charge in [-0.1, -0.05) is 13.0 Å². The summed E-state index contributed by atoms with van der Waals surface area (Å²) in [5, 5.41) is 12.9. The lowest BCUT2D eigenvalue weighted by Crippen LogP contribution is -2.33. The lowest BCUT2D eigenvalue weighted by molar-refractivity contribution is -0.120. The van der Waals surface area contributed by atoms with E-state index in [0.29, 0.717) is 22.2 Å². The van der Waals surface area contributed by atoms with Gasteiger partial charge in [0.2, 0.25) is 5.91 Å². The van der Waals surface area contributed by atoms with Gasteiger partial charge in [0.1, 0.15) is 0 Å². The quantitative estimate of drug-likeness (QED) is 0.540. The molecular weight excluding hydrogens is 403 g/mol. The Labute approximate surface area is 167 Å². The summed E-state index contributed by atoms with van der Waals surface area (Å²) in [5.41, 5.74) is 0.662. The fraction of sp³-hybridized carbons (Fsp3) is 0.400. The van der Waals surface area contributed by atoms with Gasteiger partial charge in [0, 0.05) is 18.5 Å². The summed E-state index contributed by atoms with van der Waals surface area (Å²) in [5.74, 6) is -0.239.